The number of hydrogen-bond donors (Lipinski definition) is 1. The van der Waals surface area contributed by atoms with Gasteiger partial charge in [-0.3, -0.25) is 0 Å². The maximum atomic E-state index is 5.77. The van der Waals surface area contributed by atoms with Gasteiger partial charge >= 0.3 is 0 Å². The van der Waals surface area contributed by atoms with Crippen LogP contribution in [0.1, 0.15) is 39.0 Å². The Bertz CT molecular complexity index is 396. The minimum atomic E-state index is 0.692. The van der Waals surface area contributed by atoms with Crippen molar-refractivity contribution in [3.63, 3.8) is 0 Å². The van der Waals surface area contributed by atoms with Crippen LogP contribution in [-0.2, 0) is 0 Å². The lowest BCUT2D eigenvalue weighted by Crippen LogP contribution is -2.15. The first kappa shape index (κ1) is 14.4. The van der Waals surface area contributed by atoms with Crippen LogP contribution < -0.4 is 10.1 Å². The fourth-order valence-corrected chi connectivity index (χ4v) is 2.40. The molecule has 0 spiro atoms. The number of hydrogen-bond acceptors (Lipinski definition) is 5. The summed E-state index contributed by atoms with van der Waals surface area (Å²) in [6.45, 7) is 3.83. The van der Waals surface area contributed by atoms with Gasteiger partial charge in [-0.15, -0.1) is 0 Å². The highest BCUT2D eigenvalue weighted by Crippen LogP contribution is 2.29. The molecule has 0 saturated heterocycles. The highest BCUT2D eigenvalue weighted by molar-refractivity contribution is 7.98. The van der Waals surface area contributed by atoms with E-state index in [0.29, 0.717) is 5.88 Å². The molecule has 0 aliphatic heterocycles. The third-order valence-electron chi connectivity index (χ3n) is 3.42. The third-order valence-corrected chi connectivity index (χ3v) is 3.97. The normalized spacial score (nSPS) is 15.1. The Morgan fingerprint density at radius 2 is 2.26 bits per heavy atom. The van der Waals surface area contributed by atoms with Crippen LogP contribution >= 0.6 is 11.8 Å². The van der Waals surface area contributed by atoms with E-state index in [4.69, 9.17) is 4.74 Å². The van der Waals surface area contributed by atoms with Crippen LogP contribution in [0.3, 0.4) is 0 Å². The molecule has 0 atom stereocenters. The van der Waals surface area contributed by atoms with Crippen LogP contribution in [0.4, 0.5) is 5.82 Å². The van der Waals surface area contributed by atoms with Crippen molar-refractivity contribution in [3.8, 4) is 5.88 Å². The van der Waals surface area contributed by atoms with Gasteiger partial charge in [0.25, 0.3) is 0 Å². The molecule has 1 aromatic heterocycles. The lowest BCUT2D eigenvalue weighted by Gasteiger charge is -2.24. The molecule has 1 aliphatic carbocycles. The van der Waals surface area contributed by atoms with E-state index >= 15 is 0 Å². The van der Waals surface area contributed by atoms with E-state index in [0.717, 1.165) is 42.9 Å². The van der Waals surface area contributed by atoms with Crippen molar-refractivity contribution in [3.05, 3.63) is 6.07 Å². The Hall–Kier alpha value is -0.970. The Morgan fingerprint density at radius 1 is 1.42 bits per heavy atom. The molecule has 1 aromatic rings. The van der Waals surface area contributed by atoms with E-state index in [1.165, 1.54) is 19.3 Å². The number of nitrogens with one attached hydrogen (secondary N) is 1. The molecule has 0 unspecified atom stereocenters. The molecule has 19 heavy (non-hydrogen) atoms. The van der Waals surface area contributed by atoms with Gasteiger partial charge in [-0.2, -0.15) is 4.98 Å². The summed E-state index contributed by atoms with van der Waals surface area (Å²) in [6, 6.07) is 1.90. The standard InChI is InChI=1S/C14H23N3OS/c1-3-8-15-12-10-13(17-14(16-12)19-2)18-9-7-11-5-4-6-11/h10-11H,3-9H2,1-2H3,(H,15,16,17). The van der Waals surface area contributed by atoms with Crippen molar-refractivity contribution in [1.29, 1.82) is 0 Å². The fourth-order valence-electron chi connectivity index (χ4n) is 2.02. The lowest BCUT2D eigenvalue weighted by molar-refractivity contribution is 0.216. The van der Waals surface area contributed by atoms with Gasteiger partial charge in [-0.1, -0.05) is 37.9 Å². The molecule has 1 aliphatic rings. The number of anilines is 1. The van der Waals surface area contributed by atoms with Crippen LogP contribution in [0.25, 0.3) is 0 Å². The van der Waals surface area contributed by atoms with Crippen LogP contribution in [0.2, 0.25) is 0 Å². The second-order valence-electron chi connectivity index (χ2n) is 4.94. The summed E-state index contributed by atoms with van der Waals surface area (Å²) in [5.41, 5.74) is 0. The van der Waals surface area contributed by atoms with E-state index in [1.54, 1.807) is 11.8 Å². The van der Waals surface area contributed by atoms with Gasteiger partial charge < -0.3 is 10.1 Å². The molecule has 0 amide bonds. The molecule has 2 rings (SSSR count). The van der Waals surface area contributed by atoms with Crippen molar-refractivity contribution >= 4 is 17.6 Å². The third kappa shape index (κ3) is 4.56. The lowest BCUT2D eigenvalue weighted by atomic mass is 9.83. The summed E-state index contributed by atoms with van der Waals surface area (Å²) in [5.74, 6) is 2.43. The predicted molar refractivity (Wildman–Crippen MR) is 80.0 cm³/mol. The zero-order chi connectivity index (χ0) is 13.5. The van der Waals surface area contributed by atoms with Crippen molar-refractivity contribution in [2.75, 3.05) is 24.7 Å². The monoisotopic (exact) mass is 281 g/mol. The Kier molecular flexibility index (Phi) is 5.76. The van der Waals surface area contributed by atoms with Gasteiger partial charge in [0.15, 0.2) is 5.16 Å². The average molecular weight is 281 g/mol. The molecular formula is C14H23N3OS. The summed E-state index contributed by atoms with van der Waals surface area (Å²) < 4.78 is 5.77. The number of aromatic nitrogens is 2. The predicted octanol–water partition coefficient (Wildman–Crippen LogP) is 3.59. The van der Waals surface area contributed by atoms with Gasteiger partial charge in [-0.25, -0.2) is 4.98 Å². The van der Waals surface area contributed by atoms with Crippen LogP contribution in [-0.4, -0.2) is 29.4 Å². The molecule has 1 heterocycles. The van der Waals surface area contributed by atoms with Gasteiger partial charge in [0.05, 0.1) is 6.61 Å². The second kappa shape index (κ2) is 7.58. The molecule has 0 bridgehead atoms. The number of rotatable bonds is 8. The Morgan fingerprint density at radius 3 is 2.89 bits per heavy atom. The van der Waals surface area contributed by atoms with Crippen LogP contribution in [0, 0.1) is 5.92 Å². The topological polar surface area (TPSA) is 47.0 Å². The first-order chi connectivity index (χ1) is 9.31. The van der Waals surface area contributed by atoms with E-state index in [9.17, 15) is 0 Å². The maximum Gasteiger partial charge on any atom is 0.219 e. The van der Waals surface area contributed by atoms with Crippen molar-refractivity contribution in [2.24, 2.45) is 5.92 Å². The second-order valence-corrected chi connectivity index (χ2v) is 5.71. The molecule has 5 heteroatoms. The van der Waals surface area contributed by atoms with Gasteiger partial charge in [0.2, 0.25) is 5.88 Å². The van der Waals surface area contributed by atoms with E-state index in [2.05, 4.69) is 22.2 Å². The highest BCUT2D eigenvalue weighted by atomic mass is 32.2. The van der Waals surface area contributed by atoms with Gasteiger partial charge in [-0.05, 0) is 25.0 Å². The average Bonchev–Trinajstić information content (AvgIpc) is 2.39. The summed E-state index contributed by atoms with van der Waals surface area (Å²) in [7, 11) is 0. The largest absolute Gasteiger partial charge is 0.477 e. The van der Waals surface area contributed by atoms with Gasteiger partial charge in [0, 0.05) is 12.6 Å². The first-order valence-electron chi connectivity index (χ1n) is 7.11. The first-order valence-corrected chi connectivity index (χ1v) is 8.34. The summed E-state index contributed by atoms with van der Waals surface area (Å²) in [6.07, 6.45) is 8.34. The molecule has 4 nitrogen and oxygen atoms in total. The van der Waals surface area contributed by atoms with Crippen molar-refractivity contribution in [1.82, 2.24) is 9.97 Å². The summed E-state index contributed by atoms with van der Waals surface area (Å²) >= 11 is 1.54. The summed E-state index contributed by atoms with van der Waals surface area (Å²) in [5, 5.41) is 4.05. The van der Waals surface area contributed by atoms with E-state index in [-0.39, 0.29) is 0 Å². The van der Waals surface area contributed by atoms with E-state index in [1.807, 2.05) is 12.3 Å². The van der Waals surface area contributed by atoms with Crippen LogP contribution in [0.15, 0.2) is 11.2 Å². The molecule has 0 radical (unpaired) electrons. The quantitative estimate of drug-likeness (QED) is 0.583. The zero-order valence-corrected chi connectivity index (χ0v) is 12.6. The molecular weight excluding hydrogens is 258 g/mol. The van der Waals surface area contributed by atoms with Gasteiger partial charge in [0.1, 0.15) is 5.82 Å². The minimum Gasteiger partial charge on any atom is -0.477 e. The summed E-state index contributed by atoms with van der Waals surface area (Å²) in [4.78, 5) is 8.81. The number of thioether (sulfide) groups is 1. The molecule has 1 saturated carbocycles. The molecule has 106 valence electrons. The number of nitrogens with zero attached hydrogens (tertiary/aromatic N) is 2. The van der Waals surface area contributed by atoms with Crippen LogP contribution in [0.5, 0.6) is 5.88 Å². The number of ether oxygens (including phenoxy) is 1. The molecule has 1 fully saturated rings. The minimum absolute atomic E-state index is 0.692. The highest BCUT2D eigenvalue weighted by Gasteiger charge is 2.17. The maximum absolute atomic E-state index is 5.77. The van der Waals surface area contributed by atoms with Crippen molar-refractivity contribution in [2.45, 2.75) is 44.2 Å². The fraction of sp³-hybridized carbons (Fsp3) is 0.714. The van der Waals surface area contributed by atoms with E-state index < -0.39 is 0 Å². The zero-order valence-electron chi connectivity index (χ0n) is 11.8. The van der Waals surface area contributed by atoms with Crippen molar-refractivity contribution < 1.29 is 4.74 Å². The Balaban J connectivity index is 1.89. The smallest absolute Gasteiger partial charge is 0.219 e. The molecule has 0 aromatic carbocycles. The Labute approximate surface area is 119 Å². The molecule has 1 N–H and O–H groups in total. The SMILES string of the molecule is CCCNc1cc(OCCC2CCC2)nc(SC)n1.